The van der Waals surface area contributed by atoms with Crippen molar-refractivity contribution in [1.29, 1.82) is 0 Å². The second-order valence-corrected chi connectivity index (χ2v) is 2.91. The van der Waals surface area contributed by atoms with Crippen LogP contribution in [0, 0.1) is 9.65 Å². The van der Waals surface area contributed by atoms with Crippen LogP contribution in [0.1, 0.15) is 0 Å². The van der Waals surface area contributed by atoms with Crippen molar-refractivity contribution in [2.75, 3.05) is 0 Å². The molecule has 0 saturated carbocycles. The molecule has 0 aliphatic heterocycles. The first-order chi connectivity index (χ1) is 5.11. The van der Waals surface area contributed by atoms with Gasteiger partial charge in [0.05, 0.1) is 0 Å². The highest BCUT2D eigenvalue weighted by Crippen LogP contribution is 1.99. The van der Waals surface area contributed by atoms with Gasteiger partial charge >= 0.3 is 7.12 Å². The highest BCUT2D eigenvalue weighted by Gasteiger charge is 2.15. The third-order valence-corrected chi connectivity index (χ3v) is 1.99. The molecule has 58 valence electrons. The average molecular weight is 267 g/mol. The molecular weight excluding hydrogens is 263 g/mol. The summed E-state index contributed by atoms with van der Waals surface area (Å²) in [5.74, 6) is -0.626. The molecule has 0 atom stereocenters. The number of halogens is 2. The minimum absolute atomic E-state index is 0.215. The molecule has 0 amide bonds. The fourth-order valence-corrected chi connectivity index (χ4v) is 1.30. The lowest BCUT2D eigenvalue weighted by Crippen LogP contribution is -2.33. The van der Waals surface area contributed by atoms with Crippen LogP contribution in [0.25, 0.3) is 0 Å². The van der Waals surface area contributed by atoms with Gasteiger partial charge in [0.1, 0.15) is 3.70 Å². The summed E-state index contributed by atoms with van der Waals surface area (Å²) < 4.78 is 12.6. The standard InChI is InChI=1S/C5H4BFINO2/c7-4-2-1-3(6(10)11)5(8)9-4/h1-2,10-11H. The molecule has 1 heterocycles. The van der Waals surface area contributed by atoms with Crippen LogP contribution in [0.3, 0.4) is 0 Å². The lowest BCUT2D eigenvalue weighted by Gasteiger charge is -2.00. The van der Waals surface area contributed by atoms with Gasteiger partial charge in [0.2, 0.25) is 5.95 Å². The van der Waals surface area contributed by atoms with Crippen molar-refractivity contribution in [2.24, 2.45) is 0 Å². The molecule has 11 heavy (non-hydrogen) atoms. The van der Waals surface area contributed by atoms with Crippen LogP contribution in [0.4, 0.5) is 4.39 Å². The van der Waals surface area contributed by atoms with Crippen LogP contribution in [-0.2, 0) is 0 Å². The van der Waals surface area contributed by atoms with Gasteiger partial charge in [-0.1, -0.05) is 6.07 Å². The van der Waals surface area contributed by atoms with Crippen molar-refractivity contribution in [1.82, 2.24) is 4.98 Å². The van der Waals surface area contributed by atoms with E-state index in [0.717, 1.165) is 6.07 Å². The SMILES string of the molecule is OB(O)c1ccc(F)nc1I. The topological polar surface area (TPSA) is 53.4 Å². The summed E-state index contributed by atoms with van der Waals surface area (Å²) in [4.78, 5) is 3.39. The fraction of sp³-hybridized carbons (Fsp3) is 0. The molecule has 0 aliphatic rings. The van der Waals surface area contributed by atoms with Crippen molar-refractivity contribution >= 4 is 35.2 Å². The van der Waals surface area contributed by atoms with E-state index < -0.39 is 13.1 Å². The second kappa shape index (κ2) is 3.46. The number of rotatable bonds is 1. The zero-order valence-electron chi connectivity index (χ0n) is 5.33. The smallest absolute Gasteiger partial charge is 0.423 e. The van der Waals surface area contributed by atoms with Gasteiger partial charge in [-0.3, -0.25) is 0 Å². The lowest BCUT2D eigenvalue weighted by molar-refractivity contribution is 0.425. The Morgan fingerprint density at radius 1 is 1.45 bits per heavy atom. The van der Waals surface area contributed by atoms with Gasteiger partial charge in [0.25, 0.3) is 0 Å². The highest BCUT2D eigenvalue weighted by atomic mass is 127. The molecule has 0 bridgehead atoms. The van der Waals surface area contributed by atoms with E-state index in [4.69, 9.17) is 10.0 Å². The Balaban J connectivity index is 3.09. The first kappa shape index (κ1) is 8.89. The second-order valence-electron chi connectivity index (χ2n) is 1.89. The molecule has 2 N–H and O–H groups in total. The first-order valence-corrected chi connectivity index (χ1v) is 3.87. The maximum atomic E-state index is 12.3. The molecule has 0 unspecified atom stereocenters. The Morgan fingerprint density at radius 3 is 2.55 bits per heavy atom. The van der Waals surface area contributed by atoms with E-state index in [2.05, 4.69) is 4.98 Å². The molecule has 0 saturated heterocycles. The molecule has 0 radical (unpaired) electrons. The van der Waals surface area contributed by atoms with E-state index in [-0.39, 0.29) is 9.16 Å². The van der Waals surface area contributed by atoms with E-state index in [1.807, 2.05) is 0 Å². The number of hydrogen-bond donors (Lipinski definition) is 2. The fourth-order valence-electron chi connectivity index (χ4n) is 0.615. The van der Waals surface area contributed by atoms with E-state index in [1.54, 1.807) is 22.6 Å². The summed E-state index contributed by atoms with van der Waals surface area (Å²) in [6.07, 6.45) is 0. The van der Waals surface area contributed by atoms with Gasteiger partial charge in [0, 0.05) is 5.46 Å². The van der Waals surface area contributed by atoms with Gasteiger partial charge in [-0.2, -0.15) is 4.39 Å². The van der Waals surface area contributed by atoms with Gasteiger partial charge in [-0.15, -0.1) is 0 Å². The van der Waals surface area contributed by atoms with Gasteiger partial charge < -0.3 is 10.0 Å². The minimum atomic E-state index is -1.59. The van der Waals surface area contributed by atoms with Gasteiger partial charge in [-0.05, 0) is 28.7 Å². The van der Waals surface area contributed by atoms with Crippen molar-refractivity contribution in [3.63, 3.8) is 0 Å². The minimum Gasteiger partial charge on any atom is -0.423 e. The van der Waals surface area contributed by atoms with Crippen molar-refractivity contribution in [2.45, 2.75) is 0 Å². The number of aromatic nitrogens is 1. The summed E-state index contributed by atoms with van der Waals surface area (Å²) in [6, 6.07) is 2.37. The predicted octanol–water partition coefficient (Wildman–Crippen LogP) is -0.495. The number of nitrogens with zero attached hydrogens (tertiary/aromatic N) is 1. The largest absolute Gasteiger partial charge is 0.491 e. The molecular formula is C5H4BFINO2. The van der Waals surface area contributed by atoms with Gasteiger partial charge in [0.15, 0.2) is 0 Å². The molecule has 0 fully saturated rings. The molecule has 1 aromatic heterocycles. The monoisotopic (exact) mass is 267 g/mol. The van der Waals surface area contributed by atoms with Crippen LogP contribution >= 0.6 is 22.6 Å². The van der Waals surface area contributed by atoms with E-state index >= 15 is 0 Å². The molecule has 1 aromatic rings. The quantitative estimate of drug-likeness (QED) is 0.410. The van der Waals surface area contributed by atoms with E-state index in [0.29, 0.717) is 0 Å². The molecule has 1 rings (SSSR count). The summed E-state index contributed by atoms with van der Waals surface area (Å²) in [5, 5.41) is 17.4. The third kappa shape index (κ3) is 2.11. The Morgan fingerprint density at radius 2 is 2.09 bits per heavy atom. The average Bonchev–Trinajstić information content (AvgIpc) is 1.85. The Bertz CT molecular complexity index is 271. The molecule has 6 heteroatoms. The van der Waals surface area contributed by atoms with Gasteiger partial charge in [-0.25, -0.2) is 4.98 Å². The number of pyridine rings is 1. The Hall–Kier alpha value is -0.205. The van der Waals surface area contributed by atoms with Crippen molar-refractivity contribution in [3.05, 3.63) is 21.8 Å². The Labute approximate surface area is 76.6 Å². The summed E-state index contributed by atoms with van der Waals surface area (Å²) in [6.45, 7) is 0. The van der Waals surface area contributed by atoms with Crippen LogP contribution in [0.2, 0.25) is 0 Å². The van der Waals surface area contributed by atoms with Crippen molar-refractivity contribution < 1.29 is 14.4 Å². The molecule has 0 spiro atoms. The lowest BCUT2D eigenvalue weighted by atomic mass is 9.82. The third-order valence-electron chi connectivity index (χ3n) is 1.12. The van der Waals surface area contributed by atoms with Crippen LogP contribution < -0.4 is 5.46 Å². The maximum absolute atomic E-state index is 12.3. The zero-order valence-corrected chi connectivity index (χ0v) is 7.49. The highest BCUT2D eigenvalue weighted by molar-refractivity contribution is 14.1. The molecule has 3 nitrogen and oxygen atoms in total. The van der Waals surface area contributed by atoms with Crippen LogP contribution in [-0.4, -0.2) is 22.2 Å². The summed E-state index contributed by atoms with van der Waals surface area (Å²) in [5.41, 5.74) is 0.215. The Kier molecular flexibility index (Phi) is 2.80. The zero-order chi connectivity index (χ0) is 8.43. The van der Waals surface area contributed by atoms with Crippen LogP contribution in [0.15, 0.2) is 12.1 Å². The van der Waals surface area contributed by atoms with Crippen molar-refractivity contribution in [3.8, 4) is 0 Å². The normalized spacial score (nSPS) is 9.82. The maximum Gasteiger partial charge on any atom is 0.491 e. The molecule has 0 aromatic carbocycles. The first-order valence-electron chi connectivity index (χ1n) is 2.79. The predicted molar refractivity (Wildman–Crippen MR) is 46.7 cm³/mol. The number of hydrogen-bond acceptors (Lipinski definition) is 3. The van der Waals surface area contributed by atoms with Crippen LogP contribution in [0.5, 0.6) is 0 Å². The molecule has 0 aliphatic carbocycles. The summed E-state index contributed by atoms with van der Waals surface area (Å²) in [7, 11) is -1.59. The summed E-state index contributed by atoms with van der Waals surface area (Å²) >= 11 is 1.73. The van der Waals surface area contributed by atoms with E-state index in [9.17, 15) is 4.39 Å². The van der Waals surface area contributed by atoms with E-state index in [1.165, 1.54) is 6.07 Å².